The van der Waals surface area contributed by atoms with Gasteiger partial charge in [-0.2, -0.15) is 5.10 Å². The molecule has 0 N–H and O–H groups in total. The summed E-state index contributed by atoms with van der Waals surface area (Å²) in [7, 11) is 1.60. The van der Waals surface area contributed by atoms with E-state index in [0.29, 0.717) is 18.1 Å². The van der Waals surface area contributed by atoms with Crippen molar-refractivity contribution in [2.75, 3.05) is 13.7 Å². The average molecular weight is 325 g/mol. The molecular formula is C12H13BrN4O2. The summed E-state index contributed by atoms with van der Waals surface area (Å²) in [6.45, 7) is 2.49. The Morgan fingerprint density at radius 2 is 2.11 bits per heavy atom. The lowest BCUT2D eigenvalue weighted by molar-refractivity contribution is 0.310. The quantitative estimate of drug-likeness (QED) is 0.792. The Hall–Kier alpha value is -1.89. The Morgan fingerprint density at radius 3 is 2.74 bits per heavy atom. The second-order valence-electron chi connectivity index (χ2n) is 3.55. The van der Waals surface area contributed by atoms with Gasteiger partial charge >= 0.3 is 0 Å². The molecule has 19 heavy (non-hydrogen) atoms. The van der Waals surface area contributed by atoms with Gasteiger partial charge in [0.1, 0.15) is 12.7 Å². The maximum Gasteiger partial charge on any atom is 0.174 e. The van der Waals surface area contributed by atoms with Crippen molar-refractivity contribution < 1.29 is 9.47 Å². The van der Waals surface area contributed by atoms with Gasteiger partial charge in [0.05, 0.1) is 24.4 Å². The third-order valence-corrected chi connectivity index (χ3v) is 2.87. The summed E-state index contributed by atoms with van der Waals surface area (Å²) in [5.74, 6) is 1.34. The molecular weight excluding hydrogens is 312 g/mol. The fourth-order valence-electron chi connectivity index (χ4n) is 1.51. The molecule has 0 unspecified atom stereocenters. The molecule has 0 atom stereocenters. The molecule has 1 heterocycles. The number of methoxy groups -OCH3 is 1. The third-order valence-electron chi connectivity index (χ3n) is 2.28. The van der Waals surface area contributed by atoms with Gasteiger partial charge in [-0.25, -0.2) is 4.68 Å². The van der Waals surface area contributed by atoms with Gasteiger partial charge in [-0.3, -0.25) is 0 Å². The lowest BCUT2D eigenvalue weighted by atomic mass is 10.2. The molecule has 0 bridgehead atoms. The highest BCUT2D eigenvalue weighted by Gasteiger charge is 2.10. The smallest absolute Gasteiger partial charge is 0.174 e. The summed E-state index contributed by atoms with van der Waals surface area (Å²) >= 11 is 3.45. The largest absolute Gasteiger partial charge is 0.492 e. The highest BCUT2D eigenvalue weighted by molar-refractivity contribution is 9.10. The van der Waals surface area contributed by atoms with Crippen LogP contribution in [0.1, 0.15) is 12.5 Å². The van der Waals surface area contributed by atoms with Crippen LogP contribution < -0.4 is 9.47 Å². The van der Waals surface area contributed by atoms with Crippen LogP contribution in [-0.4, -0.2) is 34.8 Å². The van der Waals surface area contributed by atoms with Gasteiger partial charge in [0.25, 0.3) is 0 Å². The number of hydrogen-bond acceptors (Lipinski definition) is 5. The average Bonchev–Trinajstić information content (AvgIpc) is 2.90. The van der Waals surface area contributed by atoms with Crippen LogP contribution in [0.4, 0.5) is 0 Å². The van der Waals surface area contributed by atoms with E-state index in [1.54, 1.807) is 13.3 Å². The molecule has 0 radical (unpaired) electrons. The molecule has 100 valence electrons. The molecule has 6 nitrogen and oxygen atoms in total. The summed E-state index contributed by atoms with van der Waals surface area (Å²) in [4.78, 5) is 0. The van der Waals surface area contributed by atoms with E-state index in [4.69, 9.17) is 9.47 Å². The molecule has 7 heteroatoms. The first kappa shape index (κ1) is 13.5. The van der Waals surface area contributed by atoms with Crippen molar-refractivity contribution in [1.29, 1.82) is 0 Å². The van der Waals surface area contributed by atoms with Crippen molar-refractivity contribution in [3.8, 4) is 11.5 Å². The van der Waals surface area contributed by atoms with Crippen molar-refractivity contribution in [3.05, 3.63) is 34.8 Å². The Morgan fingerprint density at radius 1 is 1.37 bits per heavy atom. The Kier molecular flexibility index (Phi) is 4.51. The van der Waals surface area contributed by atoms with Crippen LogP contribution in [0, 0.1) is 0 Å². The van der Waals surface area contributed by atoms with Gasteiger partial charge in [-0.15, -0.1) is 10.2 Å². The Labute approximate surface area is 119 Å². The minimum Gasteiger partial charge on any atom is -0.492 e. The lowest BCUT2D eigenvalue weighted by Crippen LogP contribution is -1.98. The summed E-state index contributed by atoms with van der Waals surface area (Å²) in [5.41, 5.74) is 0.879. The maximum absolute atomic E-state index is 5.54. The topological polar surface area (TPSA) is 61.5 Å². The van der Waals surface area contributed by atoms with Crippen molar-refractivity contribution in [3.63, 3.8) is 0 Å². The maximum atomic E-state index is 5.54. The second-order valence-corrected chi connectivity index (χ2v) is 4.41. The summed E-state index contributed by atoms with van der Waals surface area (Å²) in [6.07, 6.45) is 4.72. The van der Waals surface area contributed by atoms with E-state index < -0.39 is 0 Å². The minimum atomic E-state index is 0.564. The fourth-order valence-corrected chi connectivity index (χ4v) is 2.13. The van der Waals surface area contributed by atoms with Crippen LogP contribution in [0.25, 0.3) is 0 Å². The van der Waals surface area contributed by atoms with E-state index >= 15 is 0 Å². The van der Waals surface area contributed by atoms with E-state index in [9.17, 15) is 0 Å². The predicted molar refractivity (Wildman–Crippen MR) is 74.9 cm³/mol. The molecule has 1 aromatic carbocycles. The van der Waals surface area contributed by atoms with Crippen LogP contribution in [0.5, 0.6) is 11.5 Å². The number of benzene rings is 1. The third kappa shape index (κ3) is 3.31. The first-order valence-electron chi connectivity index (χ1n) is 5.64. The fraction of sp³-hybridized carbons (Fsp3) is 0.250. The van der Waals surface area contributed by atoms with E-state index in [0.717, 1.165) is 10.0 Å². The molecule has 0 saturated carbocycles. The number of aromatic nitrogens is 3. The van der Waals surface area contributed by atoms with Crippen molar-refractivity contribution >= 4 is 22.1 Å². The molecule has 0 aliphatic rings. The zero-order valence-corrected chi connectivity index (χ0v) is 12.2. The van der Waals surface area contributed by atoms with Gasteiger partial charge in [0.15, 0.2) is 11.5 Å². The summed E-state index contributed by atoms with van der Waals surface area (Å²) < 4.78 is 13.2. The van der Waals surface area contributed by atoms with E-state index in [2.05, 4.69) is 31.2 Å². The van der Waals surface area contributed by atoms with E-state index in [-0.39, 0.29) is 0 Å². The summed E-state index contributed by atoms with van der Waals surface area (Å²) in [6, 6.07) is 3.76. The van der Waals surface area contributed by atoms with Gasteiger partial charge in [0.2, 0.25) is 0 Å². The number of halogens is 1. The molecule has 1 aromatic heterocycles. The Bertz CT molecular complexity index is 569. The Balaban J connectivity index is 2.31. The molecule has 2 aromatic rings. The standard InChI is InChI=1S/C12H13BrN4O2/c1-3-19-11-5-9(4-10(13)12(11)18-2)6-16-17-7-14-15-8-17/h4-8H,3H2,1-2H3. The van der Waals surface area contributed by atoms with Gasteiger partial charge < -0.3 is 9.47 Å². The number of nitrogens with zero attached hydrogens (tertiary/aromatic N) is 4. The molecule has 0 aliphatic carbocycles. The van der Waals surface area contributed by atoms with Crippen molar-refractivity contribution in [2.45, 2.75) is 6.92 Å². The second kappa shape index (κ2) is 6.33. The normalized spacial score (nSPS) is 10.9. The molecule has 0 aliphatic heterocycles. The van der Waals surface area contributed by atoms with Crippen LogP contribution in [-0.2, 0) is 0 Å². The zero-order valence-electron chi connectivity index (χ0n) is 10.6. The minimum absolute atomic E-state index is 0.564. The van der Waals surface area contributed by atoms with Gasteiger partial charge in [-0.05, 0) is 40.5 Å². The van der Waals surface area contributed by atoms with Gasteiger partial charge in [0, 0.05) is 0 Å². The van der Waals surface area contributed by atoms with Gasteiger partial charge in [-0.1, -0.05) is 0 Å². The molecule has 0 amide bonds. The SMILES string of the molecule is CCOc1cc(C=Nn2cnnc2)cc(Br)c1OC. The predicted octanol–water partition coefficient (Wildman–Crippen LogP) is 2.33. The highest BCUT2D eigenvalue weighted by atomic mass is 79.9. The summed E-state index contributed by atoms with van der Waals surface area (Å²) in [5, 5.41) is 11.5. The molecule has 0 saturated heterocycles. The molecule has 2 rings (SSSR count). The number of ether oxygens (including phenoxy) is 2. The van der Waals surface area contributed by atoms with Crippen LogP contribution >= 0.6 is 15.9 Å². The molecule has 0 fully saturated rings. The van der Waals surface area contributed by atoms with E-state index in [1.165, 1.54) is 17.3 Å². The van der Waals surface area contributed by atoms with E-state index in [1.807, 2.05) is 19.1 Å². The first-order chi connectivity index (χ1) is 9.24. The zero-order chi connectivity index (χ0) is 13.7. The lowest BCUT2D eigenvalue weighted by Gasteiger charge is -2.11. The van der Waals surface area contributed by atoms with Crippen LogP contribution in [0.15, 0.2) is 34.4 Å². The van der Waals surface area contributed by atoms with Crippen LogP contribution in [0.2, 0.25) is 0 Å². The number of hydrogen-bond donors (Lipinski definition) is 0. The van der Waals surface area contributed by atoms with Crippen LogP contribution in [0.3, 0.4) is 0 Å². The van der Waals surface area contributed by atoms with Crippen molar-refractivity contribution in [1.82, 2.24) is 14.9 Å². The monoisotopic (exact) mass is 324 g/mol. The van der Waals surface area contributed by atoms with Crippen molar-refractivity contribution in [2.24, 2.45) is 5.10 Å². The number of rotatable bonds is 5. The molecule has 0 spiro atoms. The first-order valence-corrected chi connectivity index (χ1v) is 6.43. The highest BCUT2D eigenvalue weighted by Crippen LogP contribution is 2.36.